The number of rotatable bonds is 6. The molecule has 5 heteroatoms. The Morgan fingerprint density at radius 2 is 1.90 bits per heavy atom. The number of carbonyl (C=O) groups is 2. The SMILES string of the molecule is CCC(C)[C@H](NC(=O)/C=C/c1ccc(O)cc1)C(=O)O. The van der Waals surface area contributed by atoms with Crippen LogP contribution in [-0.2, 0) is 9.59 Å². The predicted molar refractivity (Wildman–Crippen MR) is 76.2 cm³/mol. The summed E-state index contributed by atoms with van der Waals surface area (Å²) in [6, 6.07) is 5.44. The topological polar surface area (TPSA) is 86.6 Å². The standard InChI is InChI=1S/C15H19NO4/c1-3-10(2)14(15(19)20)16-13(18)9-6-11-4-7-12(17)8-5-11/h4-10,14,17H,3H2,1-2H3,(H,16,18)(H,19,20)/b9-6+/t10?,14-/m0/s1. The first kappa shape index (κ1) is 15.8. The summed E-state index contributed by atoms with van der Waals surface area (Å²) in [5.74, 6) is -1.48. The first-order valence-electron chi connectivity index (χ1n) is 6.44. The van der Waals surface area contributed by atoms with Crippen LogP contribution >= 0.6 is 0 Å². The van der Waals surface area contributed by atoms with E-state index in [1.807, 2.05) is 6.92 Å². The molecule has 0 radical (unpaired) electrons. The average Bonchev–Trinajstić information content (AvgIpc) is 2.43. The summed E-state index contributed by atoms with van der Waals surface area (Å²) < 4.78 is 0. The third-order valence-electron chi connectivity index (χ3n) is 3.10. The molecule has 20 heavy (non-hydrogen) atoms. The summed E-state index contributed by atoms with van der Waals surface area (Å²) >= 11 is 0. The third kappa shape index (κ3) is 4.76. The first-order valence-corrected chi connectivity index (χ1v) is 6.44. The second-order valence-corrected chi connectivity index (χ2v) is 4.63. The smallest absolute Gasteiger partial charge is 0.326 e. The summed E-state index contributed by atoms with van der Waals surface area (Å²) in [5, 5.41) is 20.7. The second kappa shape index (κ2) is 7.33. The fourth-order valence-electron chi connectivity index (χ4n) is 1.64. The molecule has 0 saturated heterocycles. The lowest BCUT2D eigenvalue weighted by Crippen LogP contribution is -2.44. The Bertz CT molecular complexity index is 493. The maximum atomic E-state index is 11.7. The number of carboxylic acids is 1. The van der Waals surface area contributed by atoms with Gasteiger partial charge >= 0.3 is 5.97 Å². The van der Waals surface area contributed by atoms with E-state index in [-0.39, 0.29) is 11.7 Å². The number of benzene rings is 1. The van der Waals surface area contributed by atoms with Crippen molar-refractivity contribution in [3.05, 3.63) is 35.9 Å². The van der Waals surface area contributed by atoms with Crippen molar-refractivity contribution >= 4 is 18.0 Å². The lowest BCUT2D eigenvalue weighted by atomic mass is 9.99. The predicted octanol–water partition coefficient (Wildman–Crippen LogP) is 2.02. The van der Waals surface area contributed by atoms with E-state index in [1.165, 1.54) is 18.2 Å². The van der Waals surface area contributed by atoms with Gasteiger partial charge in [-0.15, -0.1) is 0 Å². The van der Waals surface area contributed by atoms with Crippen molar-refractivity contribution in [2.75, 3.05) is 0 Å². The van der Waals surface area contributed by atoms with Crippen LogP contribution in [0.15, 0.2) is 30.3 Å². The van der Waals surface area contributed by atoms with E-state index in [0.29, 0.717) is 6.42 Å². The second-order valence-electron chi connectivity index (χ2n) is 4.63. The minimum Gasteiger partial charge on any atom is -0.508 e. The van der Waals surface area contributed by atoms with Crippen molar-refractivity contribution in [2.24, 2.45) is 5.92 Å². The zero-order chi connectivity index (χ0) is 15.1. The molecule has 0 spiro atoms. The molecule has 0 bridgehead atoms. The molecule has 0 aromatic heterocycles. The number of amides is 1. The van der Waals surface area contributed by atoms with Crippen LogP contribution < -0.4 is 5.32 Å². The molecule has 108 valence electrons. The van der Waals surface area contributed by atoms with Crippen LogP contribution in [0.1, 0.15) is 25.8 Å². The van der Waals surface area contributed by atoms with Crippen molar-refractivity contribution in [3.63, 3.8) is 0 Å². The summed E-state index contributed by atoms with van der Waals surface area (Å²) in [6.07, 6.45) is 3.51. The molecule has 0 fully saturated rings. The highest BCUT2D eigenvalue weighted by Gasteiger charge is 2.24. The number of hydrogen-bond acceptors (Lipinski definition) is 3. The normalized spacial score (nSPS) is 13.9. The molecule has 1 aromatic rings. The highest BCUT2D eigenvalue weighted by Crippen LogP contribution is 2.11. The summed E-state index contributed by atoms with van der Waals surface area (Å²) in [6.45, 7) is 3.65. The molecule has 1 rings (SSSR count). The van der Waals surface area contributed by atoms with E-state index < -0.39 is 17.9 Å². The fourth-order valence-corrected chi connectivity index (χ4v) is 1.64. The van der Waals surface area contributed by atoms with Gasteiger partial charge in [0.15, 0.2) is 0 Å². The molecule has 0 aliphatic heterocycles. The molecule has 1 amide bonds. The van der Waals surface area contributed by atoms with Gasteiger partial charge in [0.25, 0.3) is 0 Å². The lowest BCUT2D eigenvalue weighted by molar-refractivity contribution is -0.142. The van der Waals surface area contributed by atoms with Gasteiger partial charge in [-0.3, -0.25) is 4.79 Å². The van der Waals surface area contributed by atoms with Gasteiger partial charge in [-0.2, -0.15) is 0 Å². The minimum absolute atomic E-state index is 0.140. The molecule has 0 aliphatic carbocycles. The fraction of sp³-hybridized carbons (Fsp3) is 0.333. The quantitative estimate of drug-likeness (QED) is 0.694. The van der Waals surface area contributed by atoms with Crippen LogP contribution in [0.25, 0.3) is 6.08 Å². The van der Waals surface area contributed by atoms with Crippen molar-refractivity contribution < 1.29 is 19.8 Å². The Morgan fingerprint density at radius 1 is 1.30 bits per heavy atom. The van der Waals surface area contributed by atoms with Gasteiger partial charge in [0, 0.05) is 6.08 Å². The van der Waals surface area contributed by atoms with Crippen molar-refractivity contribution in [2.45, 2.75) is 26.3 Å². The number of phenols is 1. The molecule has 2 atom stereocenters. The molecule has 3 N–H and O–H groups in total. The molecular weight excluding hydrogens is 258 g/mol. The number of aliphatic carboxylic acids is 1. The summed E-state index contributed by atoms with van der Waals surface area (Å²) in [7, 11) is 0. The van der Waals surface area contributed by atoms with E-state index in [1.54, 1.807) is 25.1 Å². The monoisotopic (exact) mass is 277 g/mol. The zero-order valence-corrected chi connectivity index (χ0v) is 11.5. The minimum atomic E-state index is -1.04. The summed E-state index contributed by atoms with van der Waals surface area (Å²) in [4.78, 5) is 22.8. The van der Waals surface area contributed by atoms with Gasteiger partial charge in [-0.25, -0.2) is 4.79 Å². The number of aromatic hydroxyl groups is 1. The van der Waals surface area contributed by atoms with Gasteiger partial charge in [-0.1, -0.05) is 32.4 Å². The highest BCUT2D eigenvalue weighted by atomic mass is 16.4. The number of carbonyl (C=O) groups excluding carboxylic acids is 1. The molecule has 0 heterocycles. The van der Waals surface area contributed by atoms with Crippen LogP contribution in [0.4, 0.5) is 0 Å². The Hall–Kier alpha value is -2.30. The van der Waals surface area contributed by atoms with Gasteiger partial charge in [0.1, 0.15) is 11.8 Å². The molecule has 1 unspecified atom stereocenters. The van der Waals surface area contributed by atoms with Gasteiger partial charge in [-0.05, 0) is 29.7 Å². The van der Waals surface area contributed by atoms with Crippen LogP contribution in [0.3, 0.4) is 0 Å². The zero-order valence-electron chi connectivity index (χ0n) is 11.5. The van der Waals surface area contributed by atoms with Gasteiger partial charge < -0.3 is 15.5 Å². The van der Waals surface area contributed by atoms with Crippen LogP contribution in [0.2, 0.25) is 0 Å². The van der Waals surface area contributed by atoms with Crippen LogP contribution in [0, 0.1) is 5.92 Å². The molecule has 0 aliphatic rings. The molecule has 1 aromatic carbocycles. The Labute approximate surface area is 117 Å². The van der Waals surface area contributed by atoms with Crippen LogP contribution in [-0.4, -0.2) is 28.1 Å². The summed E-state index contributed by atoms with van der Waals surface area (Å²) in [5.41, 5.74) is 0.744. The van der Waals surface area contributed by atoms with Gasteiger partial charge in [0.2, 0.25) is 5.91 Å². The first-order chi connectivity index (χ1) is 9.43. The van der Waals surface area contributed by atoms with E-state index in [4.69, 9.17) is 10.2 Å². The Morgan fingerprint density at radius 3 is 2.40 bits per heavy atom. The van der Waals surface area contributed by atoms with Gasteiger partial charge in [0.05, 0.1) is 0 Å². The maximum Gasteiger partial charge on any atom is 0.326 e. The van der Waals surface area contributed by atoms with Crippen LogP contribution in [0.5, 0.6) is 5.75 Å². The Kier molecular flexibility index (Phi) is 5.77. The van der Waals surface area contributed by atoms with E-state index >= 15 is 0 Å². The number of hydrogen-bond donors (Lipinski definition) is 3. The van der Waals surface area contributed by atoms with Crippen molar-refractivity contribution in [3.8, 4) is 5.75 Å². The number of carboxylic acid groups (broad SMARTS) is 1. The number of phenolic OH excluding ortho intramolecular Hbond substituents is 1. The molecular formula is C15H19NO4. The molecule has 5 nitrogen and oxygen atoms in total. The third-order valence-corrected chi connectivity index (χ3v) is 3.10. The van der Waals surface area contributed by atoms with E-state index in [9.17, 15) is 9.59 Å². The number of nitrogens with one attached hydrogen (secondary N) is 1. The van der Waals surface area contributed by atoms with Crippen molar-refractivity contribution in [1.29, 1.82) is 0 Å². The maximum absolute atomic E-state index is 11.7. The van der Waals surface area contributed by atoms with E-state index in [2.05, 4.69) is 5.32 Å². The van der Waals surface area contributed by atoms with Crippen molar-refractivity contribution in [1.82, 2.24) is 5.32 Å². The Balaban J connectivity index is 2.66. The molecule has 0 saturated carbocycles. The lowest BCUT2D eigenvalue weighted by Gasteiger charge is -2.19. The average molecular weight is 277 g/mol. The van der Waals surface area contributed by atoms with E-state index in [0.717, 1.165) is 5.56 Å². The highest BCUT2D eigenvalue weighted by molar-refractivity contribution is 5.94. The largest absolute Gasteiger partial charge is 0.508 e.